The molecule has 100 valence electrons. The van der Waals surface area contributed by atoms with Crippen LogP contribution < -0.4 is 10.1 Å². The number of amides is 1. The molecule has 7 heteroatoms. The molecule has 0 saturated heterocycles. The third-order valence-electron chi connectivity index (χ3n) is 1.53. The van der Waals surface area contributed by atoms with Crippen molar-refractivity contribution < 1.29 is 19.1 Å². The Kier molecular flexibility index (Phi) is 4.98. The predicted octanol–water partition coefficient (Wildman–Crippen LogP) is 2.83. The highest BCUT2D eigenvalue weighted by molar-refractivity contribution is 7.12. The third-order valence-corrected chi connectivity index (χ3v) is 2.69. The summed E-state index contributed by atoms with van der Waals surface area (Å²) < 4.78 is 9.91. The second-order valence-corrected chi connectivity index (χ2v) is 5.72. The molecule has 0 atom stereocenters. The van der Waals surface area contributed by atoms with E-state index in [1.54, 1.807) is 26.2 Å². The average molecular weight is 292 g/mol. The number of carbonyl (C=O) groups is 2. The zero-order valence-corrected chi connectivity index (χ0v) is 11.9. The van der Waals surface area contributed by atoms with Gasteiger partial charge in [-0.2, -0.15) is 0 Å². The highest BCUT2D eigenvalue weighted by Gasteiger charge is 2.17. The van der Waals surface area contributed by atoms with Gasteiger partial charge >= 0.3 is 12.1 Å². The Balaban J connectivity index is 2.31. The Bertz CT molecular complexity index is 438. The first-order valence-electron chi connectivity index (χ1n) is 5.18. The minimum Gasteiger partial charge on any atom is -0.444 e. The number of ether oxygens (including phenoxy) is 2. The van der Waals surface area contributed by atoms with E-state index in [9.17, 15) is 9.59 Å². The average Bonchev–Trinajstić information content (AvgIpc) is 2.58. The van der Waals surface area contributed by atoms with Crippen LogP contribution in [0.15, 0.2) is 11.4 Å². The van der Waals surface area contributed by atoms with E-state index in [2.05, 4.69) is 5.32 Å². The number of alkyl carbamates (subject to hydrolysis) is 1. The molecule has 0 radical (unpaired) electrons. The van der Waals surface area contributed by atoms with Gasteiger partial charge in [0.15, 0.2) is 5.06 Å². The van der Waals surface area contributed by atoms with Gasteiger partial charge in [0, 0.05) is 11.4 Å². The summed E-state index contributed by atoms with van der Waals surface area (Å²) in [6.45, 7) is 4.94. The lowest BCUT2D eigenvalue weighted by Crippen LogP contribution is -2.36. The molecule has 1 rings (SSSR count). The molecule has 18 heavy (non-hydrogen) atoms. The number of rotatable bonds is 3. The molecule has 1 heterocycles. The fourth-order valence-corrected chi connectivity index (χ4v) is 1.89. The number of esters is 1. The Morgan fingerprint density at radius 1 is 1.44 bits per heavy atom. The van der Waals surface area contributed by atoms with E-state index in [-0.39, 0.29) is 6.54 Å². The minimum absolute atomic E-state index is 0.259. The normalized spacial score (nSPS) is 10.9. The molecule has 0 bridgehead atoms. The lowest BCUT2D eigenvalue weighted by Gasteiger charge is -2.19. The van der Waals surface area contributed by atoms with Crippen molar-refractivity contribution in [2.24, 2.45) is 0 Å². The van der Waals surface area contributed by atoms with Crippen LogP contribution in [0.2, 0.25) is 5.02 Å². The molecule has 1 amide bonds. The Morgan fingerprint density at radius 3 is 2.61 bits per heavy atom. The Hall–Kier alpha value is -1.27. The van der Waals surface area contributed by atoms with Crippen LogP contribution in [0.25, 0.3) is 0 Å². The maximum Gasteiger partial charge on any atom is 0.408 e. The molecule has 5 nitrogen and oxygen atoms in total. The lowest BCUT2D eigenvalue weighted by atomic mass is 10.2. The van der Waals surface area contributed by atoms with E-state index >= 15 is 0 Å². The van der Waals surface area contributed by atoms with Crippen molar-refractivity contribution in [3.8, 4) is 5.06 Å². The monoisotopic (exact) mass is 291 g/mol. The zero-order chi connectivity index (χ0) is 13.8. The Labute approximate surface area is 114 Å². The van der Waals surface area contributed by atoms with Crippen LogP contribution in [0, 0.1) is 0 Å². The third kappa shape index (κ3) is 5.88. The first-order valence-corrected chi connectivity index (χ1v) is 6.43. The summed E-state index contributed by atoms with van der Waals surface area (Å²) in [7, 11) is 0. The van der Waals surface area contributed by atoms with E-state index in [1.165, 1.54) is 17.4 Å². The van der Waals surface area contributed by atoms with Gasteiger partial charge in [0.2, 0.25) is 0 Å². The van der Waals surface area contributed by atoms with Crippen LogP contribution in [-0.4, -0.2) is 24.2 Å². The highest BCUT2D eigenvalue weighted by Crippen LogP contribution is 2.26. The topological polar surface area (TPSA) is 64.6 Å². The van der Waals surface area contributed by atoms with Crippen molar-refractivity contribution in [3.63, 3.8) is 0 Å². The van der Waals surface area contributed by atoms with E-state index in [1.807, 2.05) is 0 Å². The van der Waals surface area contributed by atoms with Gasteiger partial charge in [0.05, 0.1) is 5.02 Å². The first kappa shape index (κ1) is 14.8. The summed E-state index contributed by atoms with van der Waals surface area (Å²) in [4.78, 5) is 22.6. The van der Waals surface area contributed by atoms with Crippen molar-refractivity contribution in [3.05, 3.63) is 16.5 Å². The van der Waals surface area contributed by atoms with Crippen LogP contribution in [0.5, 0.6) is 5.06 Å². The molecule has 0 saturated carbocycles. The summed E-state index contributed by atoms with van der Waals surface area (Å²) in [5, 5.41) is 4.83. The van der Waals surface area contributed by atoms with Crippen molar-refractivity contribution >= 4 is 35.0 Å². The quantitative estimate of drug-likeness (QED) is 0.870. The standard InChI is InChI=1S/C11H14ClNO4S/c1-11(2,3)17-10(15)13-5-8(14)16-9-4-7(12)6-18-9/h4,6H,5H2,1-3H3,(H,13,15). The van der Waals surface area contributed by atoms with E-state index in [4.69, 9.17) is 21.1 Å². The first-order chi connectivity index (χ1) is 8.26. The zero-order valence-electron chi connectivity index (χ0n) is 10.3. The van der Waals surface area contributed by atoms with Gasteiger partial charge < -0.3 is 14.8 Å². The summed E-state index contributed by atoms with van der Waals surface area (Å²) in [5.74, 6) is -0.584. The molecule has 1 aromatic heterocycles. The van der Waals surface area contributed by atoms with Gasteiger partial charge in [0.25, 0.3) is 0 Å². The number of hydrogen-bond acceptors (Lipinski definition) is 5. The highest BCUT2D eigenvalue weighted by atomic mass is 35.5. The SMILES string of the molecule is CC(C)(C)OC(=O)NCC(=O)Oc1cc(Cl)cs1. The molecule has 0 aromatic carbocycles. The van der Waals surface area contributed by atoms with E-state index in [0.717, 1.165) is 0 Å². The molecular weight excluding hydrogens is 278 g/mol. The molecule has 0 spiro atoms. The molecule has 0 aliphatic heterocycles. The van der Waals surface area contributed by atoms with Gasteiger partial charge in [-0.3, -0.25) is 0 Å². The predicted molar refractivity (Wildman–Crippen MR) is 69.2 cm³/mol. The van der Waals surface area contributed by atoms with Gasteiger partial charge in [0.1, 0.15) is 12.1 Å². The van der Waals surface area contributed by atoms with Crippen molar-refractivity contribution in [2.45, 2.75) is 26.4 Å². The van der Waals surface area contributed by atoms with E-state index in [0.29, 0.717) is 10.1 Å². The van der Waals surface area contributed by atoms with Crippen LogP contribution in [-0.2, 0) is 9.53 Å². The fourth-order valence-electron chi connectivity index (χ4n) is 0.955. The number of thiophene rings is 1. The van der Waals surface area contributed by atoms with Crippen molar-refractivity contribution in [1.29, 1.82) is 0 Å². The van der Waals surface area contributed by atoms with Crippen LogP contribution in [0.3, 0.4) is 0 Å². The largest absolute Gasteiger partial charge is 0.444 e. The second-order valence-electron chi connectivity index (χ2n) is 4.41. The van der Waals surface area contributed by atoms with Gasteiger partial charge in [-0.15, -0.1) is 11.3 Å². The molecule has 0 unspecified atom stereocenters. The summed E-state index contributed by atoms with van der Waals surface area (Å²) in [5.41, 5.74) is -0.602. The van der Waals surface area contributed by atoms with Crippen LogP contribution in [0.4, 0.5) is 4.79 Å². The van der Waals surface area contributed by atoms with Crippen LogP contribution >= 0.6 is 22.9 Å². The van der Waals surface area contributed by atoms with Crippen LogP contribution in [0.1, 0.15) is 20.8 Å². The number of hydrogen-bond donors (Lipinski definition) is 1. The summed E-state index contributed by atoms with van der Waals surface area (Å²) in [6, 6.07) is 1.53. The number of halogens is 1. The minimum atomic E-state index is -0.663. The summed E-state index contributed by atoms with van der Waals surface area (Å²) >= 11 is 6.88. The summed E-state index contributed by atoms with van der Waals surface area (Å²) in [6.07, 6.45) is -0.663. The molecule has 1 N–H and O–H groups in total. The van der Waals surface area contributed by atoms with Gasteiger partial charge in [-0.25, -0.2) is 9.59 Å². The number of carbonyl (C=O) groups excluding carboxylic acids is 2. The fraction of sp³-hybridized carbons (Fsp3) is 0.455. The van der Waals surface area contributed by atoms with Crippen molar-refractivity contribution in [1.82, 2.24) is 5.32 Å². The number of nitrogens with one attached hydrogen (secondary N) is 1. The Morgan fingerprint density at radius 2 is 2.11 bits per heavy atom. The molecule has 0 aliphatic rings. The second kappa shape index (κ2) is 6.06. The smallest absolute Gasteiger partial charge is 0.408 e. The van der Waals surface area contributed by atoms with E-state index < -0.39 is 17.7 Å². The lowest BCUT2D eigenvalue weighted by molar-refractivity contribution is -0.133. The van der Waals surface area contributed by atoms with Gasteiger partial charge in [-0.1, -0.05) is 11.6 Å². The maximum absolute atomic E-state index is 11.4. The van der Waals surface area contributed by atoms with Crippen molar-refractivity contribution in [2.75, 3.05) is 6.54 Å². The molecule has 0 fully saturated rings. The van der Waals surface area contributed by atoms with Gasteiger partial charge in [-0.05, 0) is 20.8 Å². The maximum atomic E-state index is 11.4. The molecule has 1 aromatic rings. The molecular formula is C11H14ClNO4S. The molecule has 0 aliphatic carbocycles.